The molecule has 0 radical (unpaired) electrons. The largest absolute Gasteiger partial charge is 0.462 e. The van der Waals surface area contributed by atoms with Crippen LogP contribution in [0.4, 0.5) is 5.82 Å². The average molecular weight is 432 g/mol. The highest BCUT2D eigenvalue weighted by Crippen LogP contribution is 2.35. The van der Waals surface area contributed by atoms with Gasteiger partial charge in [-0.1, -0.05) is 13.8 Å². The van der Waals surface area contributed by atoms with E-state index in [1.807, 2.05) is 32.8 Å². The minimum atomic E-state index is -0.331. The second-order valence-electron chi connectivity index (χ2n) is 7.78. The fourth-order valence-electron chi connectivity index (χ4n) is 3.05. The van der Waals surface area contributed by atoms with Crippen LogP contribution in [0.25, 0.3) is 10.2 Å². The average Bonchev–Trinajstić information content (AvgIpc) is 3.27. The number of aromatic nitrogens is 5. The molecule has 0 amide bonds. The maximum Gasteiger partial charge on any atom is 0.348 e. The number of H-pyrrole nitrogens is 1. The van der Waals surface area contributed by atoms with Crippen molar-refractivity contribution in [3.63, 3.8) is 0 Å². The number of ether oxygens (including phenoxy) is 1. The Bertz CT molecular complexity index is 1040. The van der Waals surface area contributed by atoms with E-state index < -0.39 is 0 Å². The lowest BCUT2D eigenvalue weighted by Crippen LogP contribution is -2.16. The third-order valence-corrected chi connectivity index (χ3v) is 5.72. The van der Waals surface area contributed by atoms with Crippen molar-refractivity contribution in [2.45, 2.75) is 53.1 Å². The highest BCUT2D eigenvalue weighted by atomic mass is 32.1. The zero-order valence-corrected chi connectivity index (χ0v) is 19.3. The van der Waals surface area contributed by atoms with Crippen LogP contribution in [0.5, 0.6) is 0 Å². The standard InChI is InChI=1S/C20H29N7O2S/c1-8-29-20(28)15-11(4)14-18(22-13(9-27(6)7)23-19(14)30-15)21-12(5)17-24-16(10(2)3)25-26-17/h10,12H,8-9H2,1-7H3,(H,21,22,23)(H,24,25,26). The van der Waals surface area contributed by atoms with Gasteiger partial charge in [0, 0.05) is 5.92 Å². The fourth-order valence-corrected chi connectivity index (χ4v) is 4.14. The summed E-state index contributed by atoms with van der Waals surface area (Å²) in [6, 6.07) is -0.152. The Morgan fingerprint density at radius 1 is 1.23 bits per heavy atom. The maximum atomic E-state index is 12.4. The molecule has 0 aliphatic rings. The molecule has 0 spiro atoms. The topological polar surface area (TPSA) is 109 Å². The molecule has 3 heterocycles. The number of hydrogen-bond donors (Lipinski definition) is 2. The van der Waals surface area contributed by atoms with E-state index in [0.29, 0.717) is 29.7 Å². The Balaban J connectivity index is 2.04. The fraction of sp³-hybridized carbons (Fsp3) is 0.550. The monoisotopic (exact) mass is 431 g/mol. The van der Waals surface area contributed by atoms with E-state index in [1.54, 1.807) is 6.92 Å². The van der Waals surface area contributed by atoms with Crippen LogP contribution in [-0.4, -0.2) is 56.7 Å². The van der Waals surface area contributed by atoms with Crippen LogP contribution in [-0.2, 0) is 11.3 Å². The van der Waals surface area contributed by atoms with E-state index in [4.69, 9.17) is 9.72 Å². The van der Waals surface area contributed by atoms with Gasteiger partial charge in [-0.25, -0.2) is 19.7 Å². The number of nitrogens with one attached hydrogen (secondary N) is 2. The molecule has 0 aliphatic heterocycles. The van der Waals surface area contributed by atoms with Crippen LogP contribution >= 0.6 is 11.3 Å². The summed E-state index contributed by atoms with van der Waals surface area (Å²) < 4.78 is 5.22. The summed E-state index contributed by atoms with van der Waals surface area (Å²) in [4.78, 5) is 29.8. The molecule has 0 saturated heterocycles. The van der Waals surface area contributed by atoms with Crippen molar-refractivity contribution in [2.75, 3.05) is 26.0 Å². The number of carbonyl (C=O) groups excluding carboxylic acids is 1. The quantitative estimate of drug-likeness (QED) is 0.520. The molecule has 0 bridgehead atoms. The first-order valence-corrected chi connectivity index (χ1v) is 10.8. The molecule has 2 N–H and O–H groups in total. The van der Waals surface area contributed by atoms with E-state index in [1.165, 1.54) is 11.3 Å². The zero-order valence-electron chi connectivity index (χ0n) is 18.5. The van der Waals surface area contributed by atoms with Gasteiger partial charge in [0.15, 0.2) is 5.82 Å². The molecule has 3 aromatic heterocycles. The predicted octanol–water partition coefficient (Wildman–Crippen LogP) is 3.65. The molecule has 10 heteroatoms. The number of anilines is 1. The lowest BCUT2D eigenvalue weighted by molar-refractivity contribution is 0.0531. The minimum Gasteiger partial charge on any atom is -0.462 e. The van der Waals surface area contributed by atoms with Crippen LogP contribution in [0.1, 0.15) is 72.4 Å². The SMILES string of the molecule is CCOC(=O)c1sc2nc(CN(C)C)nc(NC(C)c3nc(C(C)C)n[nH]3)c2c1C. The smallest absolute Gasteiger partial charge is 0.348 e. The molecule has 0 aromatic carbocycles. The van der Waals surface area contributed by atoms with Gasteiger partial charge in [0.2, 0.25) is 0 Å². The van der Waals surface area contributed by atoms with Crippen molar-refractivity contribution in [2.24, 2.45) is 0 Å². The third kappa shape index (κ3) is 4.59. The summed E-state index contributed by atoms with van der Waals surface area (Å²) in [5.41, 5.74) is 0.819. The van der Waals surface area contributed by atoms with Gasteiger partial charge in [-0.3, -0.25) is 5.10 Å². The van der Waals surface area contributed by atoms with Gasteiger partial charge >= 0.3 is 5.97 Å². The van der Waals surface area contributed by atoms with Crippen LogP contribution < -0.4 is 5.32 Å². The van der Waals surface area contributed by atoms with Gasteiger partial charge in [0.05, 0.1) is 24.6 Å². The minimum absolute atomic E-state index is 0.152. The number of aryl methyl sites for hydroxylation is 1. The molecule has 162 valence electrons. The number of fused-ring (bicyclic) bond motifs is 1. The van der Waals surface area contributed by atoms with E-state index in [-0.39, 0.29) is 17.9 Å². The predicted molar refractivity (Wildman–Crippen MR) is 118 cm³/mol. The van der Waals surface area contributed by atoms with E-state index in [0.717, 1.165) is 27.4 Å². The molecule has 1 unspecified atom stereocenters. The number of esters is 1. The number of rotatable bonds is 8. The number of hydrogen-bond acceptors (Lipinski definition) is 9. The summed E-state index contributed by atoms with van der Waals surface area (Å²) in [7, 11) is 3.93. The molecule has 1 atom stereocenters. The molecule has 0 saturated carbocycles. The third-order valence-electron chi connectivity index (χ3n) is 4.55. The Morgan fingerprint density at radius 3 is 2.57 bits per heavy atom. The van der Waals surface area contributed by atoms with Gasteiger partial charge in [-0.15, -0.1) is 11.3 Å². The van der Waals surface area contributed by atoms with Crippen LogP contribution in [0.3, 0.4) is 0 Å². The summed E-state index contributed by atoms with van der Waals surface area (Å²) in [5.74, 6) is 2.78. The second-order valence-corrected chi connectivity index (χ2v) is 8.78. The van der Waals surface area contributed by atoms with Crippen molar-refractivity contribution < 1.29 is 9.53 Å². The van der Waals surface area contributed by atoms with E-state index in [2.05, 4.69) is 39.3 Å². The first kappa shape index (κ1) is 22.1. The highest BCUT2D eigenvalue weighted by molar-refractivity contribution is 7.20. The molecular formula is C20H29N7O2S. The number of aromatic amines is 1. The Morgan fingerprint density at radius 2 is 1.97 bits per heavy atom. The first-order valence-electron chi connectivity index (χ1n) is 10.0. The van der Waals surface area contributed by atoms with Gasteiger partial charge in [-0.2, -0.15) is 5.10 Å². The molecular weight excluding hydrogens is 402 g/mol. The van der Waals surface area contributed by atoms with Gasteiger partial charge in [0.25, 0.3) is 0 Å². The molecule has 0 fully saturated rings. The van der Waals surface area contributed by atoms with Gasteiger partial charge in [-0.05, 0) is 40.4 Å². The zero-order chi connectivity index (χ0) is 22.0. The Labute approximate surface area is 180 Å². The van der Waals surface area contributed by atoms with Crippen molar-refractivity contribution in [3.8, 4) is 0 Å². The summed E-state index contributed by atoms with van der Waals surface area (Å²) in [6.07, 6.45) is 0. The van der Waals surface area contributed by atoms with Crippen molar-refractivity contribution >= 4 is 33.3 Å². The lowest BCUT2D eigenvalue weighted by atomic mass is 10.2. The maximum absolute atomic E-state index is 12.4. The Hall–Kier alpha value is -2.59. The lowest BCUT2D eigenvalue weighted by Gasteiger charge is -2.15. The van der Waals surface area contributed by atoms with Crippen molar-refractivity contribution in [1.82, 2.24) is 30.0 Å². The van der Waals surface area contributed by atoms with Crippen molar-refractivity contribution in [3.05, 3.63) is 27.9 Å². The first-order chi connectivity index (χ1) is 14.2. The summed E-state index contributed by atoms with van der Waals surface area (Å²) >= 11 is 1.34. The van der Waals surface area contributed by atoms with Crippen molar-refractivity contribution in [1.29, 1.82) is 0 Å². The normalized spacial score (nSPS) is 12.7. The second kappa shape index (κ2) is 9.05. The van der Waals surface area contributed by atoms with Crippen LogP contribution in [0, 0.1) is 6.92 Å². The van der Waals surface area contributed by atoms with Gasteiger partial charge in [0.1, 0.15) is 27.2 Å². The summed E-state index contributed by atoms with van der Waals surface area (Å²) in [5, 5.41) is 11.6. The Kier molecular flexibility index (Phi) is 6.67. The summed E-state index contributed by atoms with van der Waals surface area (Å²) in [6.45, 7) is 10.7. The number of thiophene rings is 1. The number of carbonyl (C=O) groups is 1. The van der Waals surface area contributed by atoms with E-state index in [9.17, 15) is 4.79 Å². The highest BCUT2D eigenvalue weighted by Gasteiger charge is 2.23. The molecule has 9 nitrogen and oxygen atoms in total. The number of nitrogens with zero attached hydrogens (tertiary/aromatic N) is 5. The van der Waals surface area contributed by atoms with Gasteiger partial charge < -0.3 is 15.0 Å². The molecule has 30 heavy (non-hydrogen) atoms. The van der Waals surface area contributed by atoms with Crippen LogP contribution in [0.15, 0.2) is 0 Å². The van der Waals surface area contributed by atoms with E-state index >= 15 is 0 Å². The molecule has 0 aliphatic carbocycles. The molecule has 3 aromatic rings. The molecule has 3 rings (SSSR count). The van der Waals surface area contributed by atoms with Crippen LogP contribution in [0.2, 0.25) is 0 Å².